The van der Waals surface area contributed by atoms with Gasteiger partial charge in [-0.05, 0) is 24.1 Å². The van der Waals surface area contributed by atoms with Crippen molar-refractivity contribution < 1.29 is 19.2 Å². The first-order chi connectivity index (χ1) is 13.9. The topological polar surface area (TPSA) is 126 Å². The molecule has 1 fully saturated rings. The maximum Gasteiger partial charge on any atom is 0.410 e. The Morgan fingerprint density at radius 2 is 2.14 bits per heavy atom. The van der Waals surface area contributed by atoms with E-state index in [4.69, 9.17) is 10.00 Å². The molecule has 0 aliphatic carbocycles. The van der Waals surface area contributed by atoms with E-state index in [1.165, 1.54) is 12.1 Å². The molecule has 1 aliphatic heterocycles. The van der Waals surface area contributed by atoms with Crippen molar-refractivity contribution >= 4 is 42.1 Å². The molecule has 1 N–H and O–H groups in total. The van der Waals surface area contributed by atoms with Crippen molar-refractivity contribution in [3.63, 3.8) is 0 Å². The Morgan fingerprint density at radius 3 is 2.79 bits per heavy atom. The number of likely N-dealkylation sites (tertiary alicyclic amines) is 1. The summed E-state index contributed by atoms with van der Waals surface area (Å²) in [5.41, 5.74) is 0.649. The zero-order chi connectivity index (χ0) is 21.2. The Labute approximate surface area is 178 Å². The summed E-state index contributed by atoms with van der Waals surface area (Å²) in [6.07, 6.45) is 0.606. The molecule has 1 aromatic carbocycles. The fraction of sp³-hybridized carbons (Fsp3) is 0.500. The van der Waals surface area contributed by atoms with Gasteiger partial charge < -0.3 is 15.0 Å². The van der Waals surface area contributed by atoms with Crippen molar-refractivity contribution in [2.24, 2.45) is 0 Å². The standard InChI is InChI=1S/C18H22N4O5S2/c19-6-7-20-17(23)5-8-29-12-15-9-16(28)10-21(15)18(24)27-11-13-1-3-14(4-2-13)22(25)26/h1-4,15-16,28H,5,7-12H2,(H,20,23)/t15-,16-/m0/s1. The average molecular weight is 439 g/mol. The van der Waals surface area contributed by atoms with Gasteiger partial charge in [0.25, 0.3) is 5.69 Å². The summed E-state index contributed by atoms with van der Waals surface area (Å²) in [5, 5.41) is 21.7. The van der Waals surface area contributed by atoms with E-state index in [1.54, 1.807) is 28.8 Å². The van der Waals surface area contributed by atoms with E-state index in [1.807, 2.05) is 6.07 Å². The predicted molar refractivity (Wildman–Crippen MR) is 112 cm³/mol. The quantitative estimate of drug-likeness (QED) is 0.199. The summed E-state index contributed by atoms with van der Waals surface area (Å²) in [4.78, 5) is 35.8. The van der Waals surface area contributed by atoms with Crippen LogP contribution in [0.3, 0.4) is 0 Å². The molecule has 0 unspecified atom stereocenters. The maximum atomic E-state index is 12.5. The minimum atomic E-state index is -0.484. The molecule has 0 aromatic heterocycles. The van der Waals surface area contributed by atoms with Crippen LogP contribution in [-0.4, -0.2) is 57.7 Å². The molecule has 2 amide bonds. The summed E-state index contributed by atoms with van der Waals surface area (Å²) >= 11 is 6.04. The summed E-state index contributed by atoms with van der Waals surface area (Å²) < 4.78 is 5.36. The van der Waals surface area contributed by atoms with E-state index < -0.39 is 11.0 Å². The second kappa shape index (κ2) is 11.5. The van der Waals surface area contributed by atoms with Crippen molar-refractivity contribution in [2.45, 2.75) is 30.7 Å². The molecule has 29 heavy (non-hydrogen) atoms. The molecule has 156 valence electrons. The van der Waals surface area contributed by atoms with Crippen LogP contribution < -0.4 is 5.32 Å². The highest BCUT2D eigenvalue weighted by molar-refractivity contribution is 7.99. The van der Waals surface area contributed by atoms with E-state index in [-0.39, 0.29) is 36.0 Å². The molecule has 2 rings (SSSR count). The number of nitro groups is 1. The third-order valence-corrected chi connectivity index (χ3v) is 5.77. The lowest BCUT2D eigenvalue weighted by atomic mass is 10.2. The Kier molecular flexibility index (Phi) is 9.08. The fourth-order valence-corrected chi connectivity index (χ4v) is 4.33. The molecule has 9 nitrogen and oxygen atoms in total. The van der Waals surface area contributed by atoms with Crippen LogP contribution in [0.1, 0.15) is 18.4 Å². The van der Waals surface area contributed by atoms with Gasteiger partial charge in [-0.1, -0.05) is 0 Å². The van der Waals surface area contributed by atoms with E-state index in [0.717, 1.165) is 6.42 Å². The molecule has 11 heteroatoms. The first-order valence-electron chi connectivity index (χ1n) is 8.97. The van der Waals surface area contributed by atoms with Gasteiger partial charge >= 0.3 is 6.09 Å². The number of benzene rings is 1. The Bertz CT molecular complexity index is 769. The van der Waals surface area contributed by atoms with Crippen LogP contribution in [0.4, 0.5) is 10.5 Å². The zero-order valence-corrected chi connectivity index (χ0v) is 17.4. The third kappa shape index (κ3) is 7.47. The number of nitro benzene ring substituents is 1. The van der Waals surface area contributed by atoms with Gasteiger partial charge in [0, 0.05) is 47.9 Å². The number of carbonyl (C=O) groups excluding carboxylic acids is 2. The first-order valence-corrected chi connectivity index (χ1v) is 10.6. The molecule has 0 saturated carbocycles. The molecule has 0 radical (unpaired) electrons. The second-order valence-electron chi connectivity index (χ2n) is 6.43. The van der Waals surface area contributed by atoms with Gasteiger partial charge in [-0.15, -0.1) is 0 Å². The van der Waals surface area contributed by atoms with Crippen LogP contribution in [-0.2, 0) is 16.1 Å². The van der Waals surface area contributed by atoms with E-state index in [2.05, 4.69) is 17.9 Å². The van der Waals surface area contributed by atoms with Gasteiger partial charge in [-0.3, -0.25) is 14.9 Å². The number of rotatable bonds is 9. The summed E-state index contributed by atoms with van der Waals surface area (Å²) in [6, 6.07) is 7.67. The summed E-state index contributed by atoms with van der Waals surface area (Å²) in [5.74, 6) is 1.09. The van der Waals surface area contributed by atoms with Gasteiger partial charge in [-0.2, -0.15) is 29.7 Å². The number of hydrogen-bond acceptors (Lipinski definition) is 8. The molecule has 0 spiro atoms. The Balaban J connectivity index is 1.77. The van der Waals surface area contributed by atoms with E-state index in [0.29, 0.717) is 30.0 Å². The lowest BCUT2D eigenvalue weighted by Gasteiger charge is -2.23. The highest BCUT2D eigenvalue weighted by atomic mass is 32.2. The average Bonchev–Trinajstić information content (AvgIpc) is 3.08. The Hall–Kier alpha value is -2.45. The third-order valence-electron chi connectivity index (χ3n) is 4.28. The largest absolute Gasteiger partial charge is 0.445 e. The van der Waals surface area contributed by atoms with Crippen LogP contribution in [0.5, 0.6) is 0 Å². The molecule has 1 saturated heterocycles. The zero-order valence-electron chi connectivity index (χ0n) is 15.7. The van der Waals surface area contributed by atoms with Crippen LogP contribution in [0.15, 0.2) is 24.3 Å². The first kappa shape index (κ1) is 22.8. The highest BCUT2D eigenvalue weighted by Crippen LogP contribution is 2.26. The summed E-state index contributed by atoms with van der Waals surface area (Å²) in [6.45, 7) is 0.515. The summed E-state index contributed by atoms with van der Waals surface area (Å²) in [7, 11) is 0. The second-order valence-corrected chi connectivity index (χ2v) is 8.31. The number of hydrogen-bond donors (Lipinski definition) is 2. The molecule has 2 atom stereocenters. The number of non-ortho nitro benzene ring substituents is 1. The van der Waals surface area contributed by atoms with Crippen LogP contribution in [0.2, 0.25) is 0 Å². The molecular formula is C18H22N4O5S2. The number of thiol groups is 1. The predicted octanol–water partition coefficient (Wildman–Crippen LogP) is 2.37. The van der Waals surface area contributed by atoms with Crippen molar-refractivity contribution in [1.82, 2.24) is 10.2 Å². The lowest BCUT2D eigenvalue weighted by molar-refractivity contribution is -0.384. The van der Waals surface area contributed by atoms with Crippen molar-refractivity contribution in [2.75, 3.05) is 24.6 Å². The normalized spacial score (nSPS) is 18.1. The van der Waals surface area contributed by atoms with Crippen molar-refractivity contribution in [1.29, 1.82) is 5.26 Å². The van der Waals surface area contributed by atoms with Gasteiger partial charge in [0.2, 0.25) is 5.91 Å². The van der Waals surface area contributed by atoms with E-state index >= 15 is 0 Å². The highest BCUT2D eigenvalue weighted by Gasteiger charge is 2.34. The smallest absolute Gasteiger partial charge is 0.410 e. The Morgan fingerprint density at radius 1 is 1.41 bits per heavy atom. The van der Waals surface area contributed by atoms with Gasteiger partial charge in [-0.25, -0.2) is 4.79 Å². The number of carbonyl (C=O) groups is 2. The molecule has 0 bridgehead atoms. The number of nitrogens with zero attached hydrogens (tertiary/aromatic N) is 3. The monoisotopic (exact) mass is 438 g/mol. The van der Waals surface area contributed by atoms with Crippen LogP contribution in [0, 0.1) is 21.4 Å². The van der Waals surface area contributed by atoms with Crippen molar-refractivity contribution in [3.8, 4) is 6.07 Å². The number of ether oxygens (including phenoxy) is 1. The lowest BCUT2D eigenvalue weighted by Crippen LogP contribution is -2.37. The van der Waals surface area contributed by atoms with Crippen molar-refractivity contribution in [3.05, 3.63) is 39.9 Å². The molecule has 1 aliphatic rings. The van der Waals surface area contributed by atoms with Crippen LogP contribution in [0.25, 0.3) is 0 Å². The molecule has 1 aromatic rings. The number of nitriles is 1. The number of amides is 2. The number of thioether (sulfide) groups is 1. The van der Waals surface area contributed by atoms with E-state index in [9.17, 15) is 19.7 Å². The maximum absolute atomic E-state index is 12.5. The molecular weight excluding hydrogens is 416 g/mol. The molecule has 1 heterocycles. The number of nitrogens with one attached hydrogen (secondary N) is 1. The minimum absolute atomic E-state index is 0.00182. The van der Waals surface area contributed by atoms with Gasteiger partial charge in [0.05, 0.1) is 11.0 Å². The SMILES string of the molecule is N#CCNC(=O)CCSC[C@@H]1C[C@H](S)CN1C(=O)OCc1ccc([N+](=O)[O-])cc1. The van der Waals surface area contributed by atoms with Gasteiger partial charge in [0.1, 0.15) is 13.2 Å². The van der Waals surface area contributed by atoms with Gasteiger partial charge in [0.15, 0.2) is 0 Å². The van der Waals surface area contributed by atoms with Crippen LogP contribution >= 0.6 is 24.4 Å². The fourth-order valence-electron chi connectivity index (χ4n) is 2.83. The minimum Gasteiger partial charge on any atom is -0.445 e.